The second-order valence-electron chi connectivity index (χ2n) is 5.37. The molecule has 1 aromatic rings. The molecule has 1 amide bonds. The molecule has 2 N–H and O–H groups in total. The van der Waals surface area contributed by atoms with Gasteiger partial charge in [0.2, 0.25) is 10.0 Å². The van der Waals surface area contributed by atoms with Gasteiger partial charge in [-0.2, -0.15) is 0 Å². The average Bonchev–Trinajstić information content (AvgIpc) is 2.62. The summed E-state index contributed by atoms with van der Waals surface area (Å²) in [7, 11) is -3.88. The van der Waals surface area contributed by atoms with Crippen molar-refractivity contribution < 1.29 is 13.2 Å². The maximum atomic E-state index is 12.5. The number of hydrogen-bond donors (Lipinski definition) is 1. The number of sulfonamides is 1. The number of rotatable bonds is 2. The van der Waals surface area contributed by atoms with Gasteiger partial charge in [-0.25, -0.2) is 13.6 Å². The number of carbonyl (C=O) groups is 1. The monoisotopic (exact) mass is 296 g/mol. The van der Waals surface area contributed by atoms with Gasteiger partial charge in [-0.15, -0.1) is 0 Å². The van der Waals surface area contributed by atoms with Gasteiger partial charge in [0.15, 0.2) is 0 Å². The molecule has 1 aliphatic rings. The summed E-state index contributed by atoms with van der Waals surface area (Å²) in [6.07, 6.45) is 2.99. The predicted octanol–water partition coefficient (Wildman–Crippen LogP) is 1.60. The third kappa shape index (κ3) is 3.37. The fourth-order valence-electron chi connectivity index (χ4n) is 2.53. The Balaban J connectivity index is 2.30. The van der Waals surface area contributed by atoms with Crippen LogP contribution in [0.25, 0.3) is 0 Å². The van der Waals surface area contributed by atoms with Crippen molar-refractivity contribution in [2.75, 3.05) is 13.1 Å². The van der Waals surface area contributed by atoms with E-state index in [0.29, 0.717) is 19.0 Å². The Hall–Kier alpha value is -1.40. The van der Waals surface area contributed by atoms with E-state index in [9.17, 15) is 13.2 Å². The first kappa shape index (κ1) is 15.0. The van der Waals surface area contributed by atoms with E-state index in [2.05, 4.69) is 6.92 Å². The highest BCUT2D eigenvalue weighted by Crippen LogP contribution is 2.21. The van der Waals surface area contributed by atoms with Crippen LogP contribution in [-0.4, -0.2) is 32.3 Å². The first-order valence-electron chi connectivity index (χ1n) is 6.80. The van der Waals surface area contributed by atoms with Gasteiger partial charge in [-0.3, -0.25) is 4.79 Å². The van der Waals surface area contributed by atoms with Gasteiger partial charge in [0, 0.05) is 13.1 Å². The van der Waals surface area contributed by atoms with Crippen LogP contribution in [0.5, 0.6) is 0 Å². The number of primary sulfonamides is 1. The van der Waals surface area contributed by atoms with Gasteiger partial charge in [0.1, 0.15) is 0 Å². The Morgan fingerprint density at radius 1 is 1.25 bits per heavy atom. The van der Waals surface area contributed by atoms with Crippen LogP contribution in [0.15, 0.2) is 29.2 Å². The minimum absolute atomic E-state index is 0.0951. The second-order valence-corrected chi connectivity index (χ2v) is 6.90. The SMILES string of the molecule is CC1CCCN(C(=O)c2ccccc2S(N)(=O)=O)CC1. The quantitative estimate of drug-likeness (QED) is 0.900. The van der Waals surface area contributed by atoms with Crippen LogP contribution in [0.2, 0.25) is 0 Å². The van der Waals surface area contributed by atoms with Crippen molar-refractivity contribution >= 4 is 15.9 Å². The van der Waals surface area contributed by atoms with Gasteiger partial charge in [-0.05, 0) is 37.3 Å². The first-order valence-corrected chi connectivity index (χ1v) is 8.35. The van der Waals surface area contributed by atoms with E-state index in [1.807, 2.05) is 0 Å². The lowest BCUT2D eigenvalue weighted by Crippen LogP contribution is -2.33. The number of nitrogens with two attached hydrogens (primary N) is 1. The molecule has 0 spiro atoms. The molecular weight excluding hydrogens is 276 g/mol. The number of hydrogen-bond acceptors (Lipinski definition) is 3. The van der Waals surface area contributed by atoms with Crippen LogP contribution in [0.1, 0.15) is 36.5 Å². The molecule has 1 fully saturated rings. The summed E-state index contributed by atoms with van der Waals surface area (Å²) in [6, 6.07) is 6.13. The number of benzene rings is 1. The zero-order valence-electron chi connectivity index (χ0n) is 11.6. The molecule has 1 atom stereocenters. The van der Waals surface area contributed by atoms with Crippen molar-refractivity contribution in [3.63, 3.8) is 0 Å². The van der Waals surface area contributed by atoms with E-state index in [-0.39, 0.29) is 16.4 Å². The van der Waals surface area contributed by atoms with Gasteiger partial charge in [0.25, 0.3) is 5.91 Å². The summed E-state index contributed by atoms with van der Waals surface area (Å²) in [5.74, 6) is 0.352. The highest BCUT2D eigenvalue weighted by molar-refractivity contribution is 7.89. The standard InChI is InChI=1S/C14H20N2O3S/c1-11-5-4-9-16(10-8-11)14(17)12-6-2-3-7-13(12)20(15,18)19/h2-3,6-7,11H,4-5,8-10H2,1H3,(H2,15,18,19). The van der Waals surface area contributed by atoms with Crippen LogP contribution in [0.4, 0.5) is 0 Å². The molecule has 0 aromatic heterocycles. The van der Waals surface area contributed by atoms with E-state index in [4.69, 9.17) is 5.14 Å². The normalized spacial score (nSPS) is 20.5. The van der Waals surface area contributed by atoms with E-state index < -0.39 is 10.0 Å². The minimum Gasteiger partial charge on any atom is -0.339 e. The fourth-order valence-corrected chi connectivity index (χ4v) is 3.26. The van der Waals surface area contributed by atoms with Crippen molar-refractivity contribution in [1.82, 2.24) is 4.90 Å². The van der Waals surface area contributed by atoms with E-state index in [0.717, 1.165) is 19.3 Å². The summed E-state index contributed by atoms with van der Waals surface area (Å²) < 4.78 is 23.1. The van der Waals surface area contributed by atoms with Crippen molar-refractivity contribution in [2.45, 2.75) is 31.1 Å². The summed E-state index contributed by atoms with van der Waals surface area (Å²) in [4.78, 5) is 14.2. The zero-order chi connectivity index (χ0) is 14.8. The highest BCUT2D eigenvalue weighted by atomic mass is 32.2. The molecule has 1 aliphatic heterocycles. The van der Waals surface area contributed by atoms with Crippen LogP contribution in [0.3, 0.4) is 0 Å². The molecule has 20 heavy (non-hydrogen) atoms. The molecule has 6 heteroatoms. The number of nitrogens with zero attached hydrogens (tertiary/aromatic N) is 1. The molecule has 0 bridgehead atoms. The number of likely N-dealkylation sites (tertiary alicyclic amines) is 1. The Labute approximate surface area is 119 Å². The molecule has 5 nitrogen and oxygen atoms in total. The van der Waals surface area contributed by atoms with Crippen molar-refractivity contribution in [1.29, 1.82) is 0 Å². The summed E-state index contributed by atoms with van der Waals surface area (Å²) in [6.45, 7) is 3.51. The van der Waals surface area contributed by atoms with Gasteiger partial charge < -0.3 is 4.90 Å². The minimum atomic E-state index is -3.88. The lowest BCUT2D eigenvalue weighted by atomic mass is 10.0. The molecule has 1 aromatic carbocycles. The molecule has 1 heterocycles. The molecule has 0 saturated carbocycles. The third-order valence-electron chi connectivity index (χ3n) is 3.73. The number of carbonyl (C=O) groups excluding carboxylic acids is 1. The number of amides is 1. The maximum absolute atomic E-state index is 12.5. The van der Waals surface area contributed by atoms with Gasteiger partial charge in [0.05, 0.1) is 10.5 Å². The largest absolute Gasteiger partial charge is 0.339 e. The van der Waals surface area contributed by atoms with Crippen LogP contribution in [-0.2, 0) is 10.0 Å². The van der Waals surface area contributed by atoms with Crippen LogP contribution in [0, 0.1) is 5.92 Å². The molecule has 2 rings (SSSR count). The van der Waals surface area contributed by atoms with Crippen molar-refractivity contribution in [2.24, 2.45) is 11.1 Å². The Morgan fingerprint density at radius 3 is 2.65 bits per heavy atom. The third-order valence-corrected chi connectivity index (χ3v) is 4.70. The van der Waals surface area contributed by atoms with Crippen molar-refractivity contribution in [3.8, 4) is 0 Å². The summed E-state index contributed by atoms with van der Waals surface area (Å²) >= 11 is 0. The van der Waals surface area contributed by atoms with Gasteiger partial charge in [-0.1, -0.05) is 19.1 Å². The zero-order valence-corrected chi connectivity index (χ0v) is 12.4. The Kier molecular flexibility index (Phi) is 4.45. The van der Waals surface area contributed by atoms with Crippen LogP contribution >= 0.6 is 0 Å². The highest BCUT2D eigenvalue weighted by Gasteiger charge is 2.24. The Morgan fingerprint density at radius 2 is 1.95 bits per heavy atom. The molecule has 110 valence electrons. The fraction of sp³-hybridized carbons (Fsp3) is 0.500. The molecular formula is C14H20N2O3S. The van der Waals surface area contributed by atoms with E-state index in [1.165, 1.54) is 12.1 Å². The Bertz CT molecular complexity index is 598. The van der Waals surface area contributed by atoms with E-state index in [1.54, 1.807) is 17.0 Å². The molecule has 0 aliphatic carbocycles. The lowest BCUT2D eigenvalue weighted by Gasteiger charge is -2.21. The van der Waals surface area contributed by atoms with Crippen LogP contribution < -0.4 is 5.14 Å². The lowest BCUT2D eigenvalue weighted by molar-refractivity contribution is 0.0756. The smallest absolute Gasteiger partial charge is 0.255 e. The van der Waals surface area contributed by atoms with Crippen molar-refractivity contribution in [3.05, 3.63) is 29.8 Å². The molecule has 1 saturated heterocycles. The first-order chi connectivity index (χ1) is 9.39. The topological polar surface area (TPSA) is 80.5 Å². The summed E-state index contributed by atoms with van der Waals surface area (Å²) in [5, 5.41) is 5.18. The van der Waals surface area contributed by atoms with Gasteiger partial charge >= 0.3 is 0 Å². The van der Waals surface area contributed by atoms with E-state index >= 15 is 0 Å². The second kappa shape index (κ2) is 5.93. The summed E-state index contributed by atoms with van der Waals surface area (Å²) in [5.41, 5.74) is 0.171. The molecule has 0 radical (unpaired) electrons. The predicted molar refractivity (Wildman–Crippen MR) is 76.7 cm³/mol. The average molecular weight is 296 g/mol. The molecule has 1 unspecified atom stereocenters. The maximum Gasteiger partial charge on any atom is 0.255 e.